The van der Waals surface area contributed by atoms with Gasteiger partial charge in [0, 0.05) is 12.6 Å². The van der Waals surface area contributed by atoms with Crippen LogP contribution in [0.3, 0.4) is 0 Å². The summed E-state index contributed by atoms with van der Waals surface area (Å²) in [5, 5.41) is 11.3. The molecule has 3 N–H and O–H groups in total. The Bertz CT molecular complexity index is 607. The van der Waals surface area contributed by atoms with E-state index in [4.69, 9.17) is 10.9 Å². The molecule has 0 bridgehead atoms. The lowest BCUT2D eigenvalue weighted by atomic mass is 10.2. The van der Waals surface area contributed by atoms with Crippen LogP contribution in [0.15, 0.2) is 29.4 Å². The van der Waals surface area contributed by atoms with E-state index >= 15 is 0 Å². The zero-order chi connectivity index (χ0) is 14.8. The summed E-state index contributed by atoms with van der Waals surface area (Å²) >= 11 is 0. The number of nitrogens with zero attached hydrogens (tertiary/aromatic N) is 2. The largest absolute Gasteiger partial charge is 0.409 e. The SMILES string of the molecule is CN(c1cccc(/C(N)=N/O)c1)S(=O)(=O)C1CCCC1. The number of oxime groups is 1. The molecule has 0 atom stereocenters. The molecule has 1 aliphatic carbocycles. The average molecular weight is 297 g/mol. The van der Waals surface area contributed by atoms with Gasteiger partial charge in [0.05, 0.1) is 10.9 Å². The standard InChI is InChI=1S/C13H19N3O3S/c1-16(20(18,19)12-7-2-3-8-12)11-6-4-5-10(9-11)13(14)15-17/h4-6,9,12,17H,2-3,7-8H2,1H3,(H2,14,15). The van der Waals surface area contributed by atoms with E-state index in [1.807, 2.05) is 0 Å². The first-order chi connectivity index (χ1) is 9.46. The Hall–Kier alpha value is -1.76. The smallest absolute Gasteiger partial charge is 0.237 e. The normalized spacial score (nSPS) is 17.4. The maximum Gasteiger partial charge on any atom is 0.237 e. The molecule has 0 radical (unpaired) electrons. The molecule has 1 aliphatic rings. The van der Waals surface area contributed by atoms with E-state index in [9.17, 15) is 8.42 Å². The first kappa shape index (κ1) is 14.6. The molecule has 0 aliphatic heterocycles. The van der Waals surface area contributed by atoms with Crippen molar-refractivity contribution in [1.82, 2.24) is 0 Å². The number of benzene rings is 1. The van der Waals surface area contributed by atoms with Crippen LogP contribution in [0, 0.1) is 0 Å². The fourth-order valence-corrected chi connectivity index (χ4v) is 4.26. The molecule has 2 rings (SSSR count). The number of amidine groups is 1. The van der Waals surface area contributed by atoms with Crippen molar-refractivity contribution in [1.29, 1.82) is 0 Å². The maximum absolute atomic E-state index is 12.5. The summed E-state index contributed by atoms with van der Waals surface area (Å²) < 4.78 is 26.3. The van der Waals surface area contributed by atoms with E-state index in [-0.39, 0.29) is 11.1 Å². The van der Waals surface area contributed by atoms with Crippen LogP contribution in [0.1, 0.15) is 31.2 Å². The van der Waals surface area contributed by atoms with Crippen LogP contribution < -0.4 is 10.0 Å². The molecule has 20 heavy (non-hydrogen) atoms. The summed E-state index contributed by atoms with van der Waals surface area (Å²) in [4.78, 5) is 0. The molecular weight excluding hydrogens is 278 g/mol. The van der Waals surface area contributed by atoms with Crippen LogP contribution in [0.2, 0.25) is 0 Å². The molecular formula is C13H19N3O3S. The number of hydrogen-bond donors (Lipinski definition) is 2. The lowest BCUT2D eigenvalue weighted by Gasteiger charge is -2.23. The van der Waals surface area contributed by atoms with Crippen LogP contribution in [0.5, 0.6) is 0 Å². The highest BCUT2D eigenvalue weighted by atomic mass is 32.2. The highest BCUT2D eigenvalue weighted by Gasteiger charge is 2.32. The molecule has 0 unspecified atom stereocenters. The molecule has 0 saturated heterocycles. The summed E-state index contributed by atoms with van der Waals surface area (Å²) in [5.41, 5.74) is 6.53. The Balaban J connectivity index is 2.31. The van der Waals surface area contributed by atoms with Crippen molar-refractivity contribution in [3.63, 3.8) is 0 Å². The molecule has 7 heteroatoms. The lowest BCUT2D eigenvalue weighted by Crippen LogP contribution is -2.34. The van der Waals surface area contributed by atoms with Crippen LogP contribution in [0.25, 0.3) is 0 Å². The quantitative estimate of drug-likeness (QED) is 0.381. The van der Waals surface area contributed by atoms with Gasteiger partial charge in [-0.05, 0) is 25.0 Å². The number of hydrogen-bond acceptors (Lipinski definition) is 4. The topological polar surface area (TPSA) is 96.0 Å². The van der Waals surface area contributed by atoms with E-state index in [0.717, 1.165) is 12.8 Å². The van der Waals surface area contributed by atoms with Gasteiger partial charge in [-0.2, -0.15) is 0 Å². The second kappa shape index (κ2) is 5.70. The Kier molecular flexibility index (Phi) is 4.17. The van der Waals surface area contributed by atoms with Gasteiger partial charge in [0.15, 0.2) is 5.84 Å². The maximum atomic E-state index is 12.5. The third kappa shape index (κ3) is 2.72. The number of rotatable bonds is 4. The minimum Gasteiger partial charge on any atom is -0.409 e. The average Bonchev–Trinajstić information content (AvgIpc) is 3.00. The second-order valence-electron chi connectivity index (χ2n) is 4.95. The Morgan fingerprint density at radius 2 is 2.05 bits per heavy atom. The van der Waals surface area contributed by atoms with Gasteiger partial charge in [-0.3, -0.25) is 4.31 Å². The minimum atomic E-state index is -3.35. The summed E-state index contributed by atoms with van der Waals surface area (Å²) in [6, 6.07) is 6.64. The predicted octanol–water partition coefficient (Wildman–Crippen LogP) is 1.49. The highest BCUT2D eigenvalue weighted by Crippen LogP contribution is 2.29. The summed E-state index contributed by atoms with van der Waals surface area (Å²) in [6.45, 7) is 0. The molecule has 1 aromatic carbocycles. The van der Waals surface area contributed by atoms with Crippen LogP contribution in [-0.4, -0.2) is 31.8 Å². The van der Waals surface area contributed by atoms with Crippen LogP contribution in [0.4, 0.5) is 5.69 Å². The highest BCUT2D eigenvalue weighted by molar-refractivity contribution is 7.93. The van der Waals surface area contributed by atoms with Gasteiger partial charge < -0.3 is 10.9 Å². The van der Waals surface area contributed by atoms with Gasteiger partial charge in [-0.25, -0.2) is 8.42 Å². The van der Waals surface area contributed by atoms with Crippen molar-refractivity contribution in [2.24, 2.45) is 10.9 Å². The predicted molar refractivity (Wildman–Crippen MR) is 78.5 cm³/mol. The van der Waals surface area contributed by atoms with Gasteiger partial charge >= 0.3 is 0 Å². The summed E-state index contributed by atoms with van der Waals surface area (Å²) in [7, 11) is -1.81. The third-order valence-electron chi connectivity index (χ3n) is 3.72. The van der Waals surface area contributed by atoms with E-state index in [1.54, 1.807) is 31.3 Å². The van der Waals surface area contributed by atoms with Gasteiger partial charge in [0.2, 0.25) is 10.0 Å². The fraction of sp³-hybridized carbons (Fsp3) is 0.462. The van der Waals surface area contributed by atoms with Crippen LogP contribution >= 0.6 is 0 Å². The van der Waals surface area contributed by atoms with E-state index in [0.29, 0.717) is 24.1 Å². The van der Waals surface area contributed by atoms with E-state index < -0.39 is 10.0 Å². The minimum absolute atomic E-state index is 0.0430. The number of anilines is 1. The van der Waals surface area contributed by atoms with Gasteiger partial charge in [-0.1, -0.05) is 30.1 Å². The molecule has 0 spiro atoms. The zero-order valence-electron chi connectivity index (χ0n) is 11.4. The monoisotopic (exact) mass is 297 g/mol. The molecule has 1 aromatic rings. The van der Waals surface area contributed by atoms with Crippen molar-refractivity contribution in [3.05, 3.63) is 29.8 Å². The van der Waals surface area contributed by atoms with Gasteiger partial charge in [-0.15, -0.1) is 0 Å². The molecule has 110 valence electrons. The lowest BCUT2D eigenvalue weighted by molar-refractivity contribution is 0.318. The van der Waals surface area contributed by atoms with E-state index in [2.05, 4.69) is 5.16 Å². The van der Waals surface area contributed by atoms with Crippen molar-refractivity contribution in [2.75, 3.05) is 11.4 Å². The van der Waals surface area contributed by atoms with Crippen molar-refractivity contribution in [2.45, 2.75) is 30.9 Å². The fourth-order valence-electron chi connectivity index (χ4n) is 2.48. The Morgan fingerprint density at radius 1 is 1.40 bits per heavy atom. The second-order valence-corrected chi connectivity index (χ2v) is 7.20. The first-order valence-electron chi connectivity index (χ1n) is 6.52. The molecule has 1 saturated carbocycles. The molecule has 6 nitrogen and oxygen atoms in total. The molecule has 1 fully saturated rings. The van der Waals surface area contributed by atoms with Gasteiger partial charge in [0.1, 0.15) is 0 Å². The van der Waals surface area contributed by atoms with Crippen molar-refractivity contribution >= 4 is 21.5 Å². The van der Waals surface area contributed by atoms with Crippen molar-refractivity contribution < 1.29 is 13.6 Å². The van der Waals surface area contributed by atoms with Crippen LogP contribution in [-0.2, 0) is 10.0 Å². The summed E-state index contributed by atoms with van der Waals surface area (Å²) in [6.07, 6.45) is 3.35. The third-order valence-corrected chi connectivity index (χ3v) is 6.01. The molecule has 0 aromatic heterocycles. The Labute approximate surface area is 118 Å². The van der Waals surface area contributed by atoms with Crippen molar-refractivity contribution in [3.8, 4) is 0 Å². The number of sulfonamides is 1. The molecule has 0 amide bonds. The Morgan fingerprint density at radius 3 is 2.65 bits per heavy atom. The van der Waals surface area contributed by atoms with Gasteiger partial charge in [0.25, 0.3) is 0 Å². The number of nitrogens with two attached hydrogens (primary N) is 1. The first-order valence-corrected chi connectivity index (χ1v) is 8.03. The molecule has 0 heterocycles. The summed E-state index contributed by atoms with van der Waals surface area (Å²) in [5.74, 6) is -0.0430. The zero-order valence-corrected chi connectivity index (χ0v) is 12.2. The van der Waals surface area contributed by atoms with E-state index in [1.165, 1.54) is 4.31 Å².